The van der Waals surface area contributed by atoms with Gasteiger partial charge in [0.25, 0.3) is 5.69 Å². The van der Waals surface area contributed by atoms with Gasteiger partial charge in [-0.25, -0.2) is 9.18 Å². The van der Waals surface area contributed by atoms with Gasteiger partial charge in [-0.15, -0.1) is 0 Å². The van der Waals surface area contributed by atoms with Gasteiger partial charge in [-0.3, -0.25) is 10.1 Å². The van der Waals surface area contributed by atoms with Crippen LogP contribution in [0.25, 0.3) is 0 Å². The van der Waals surface area contributed by atoms with Gasteiger partial charge in [-0.05, 0) is 0 Å². The van der Waals surface area contributed by atoms with Crippen LogP contribution in [0.15, 0.2) is 12.1 Å². The fraction of sp³-hybridized carbons (Fsp3) is 0.182. The molecule has 0 atom stereocenters. The number of aromatic carboxylic acids is 1. The molecule has 1 aromatic rings. The maximum Gasteiger partial charge on any atom is 0.338 e. The summed E-state index contributed by atoms with van der Waals surface area (Å²) in [6.07, 6.45) is 0. The second-order valence-corrected chi connectivity index (χ2v) is 3.56. The molecular weight excluding hydrogens is 271 g/mol. The minimum absolute atomic E-state index is 0.319. The normalized spacial score (nSPS) is 9.35. The van der Waals surface area contributed by atoms with Crippen LogP contribution in [0.4, 0.5) is 15.8 Å². The average molecular weight is 278 g/mol. The fourth-order valence-electron chi connectivity index (χ4n) is 1.51. The Hall–Kier alpha value is -3.20. The van der Waals surface area contributed by atoms with Gasteiger partial charge in [-0.1, -0.05) is 0 Å². The molecule has 0 unspecified atom stereocenters. The molecular formula is C11H7FN4O4. The van der Waals surface area contributed by atoms with Crippen LogP contribution in [0.3, 0.4) is 0 Å². The van der Waals surface area contributed by atoms with E-state index in [0.717, 1.165) is 4.90 Å². The van der Waals surface area contributed by atoms with Crippen molar-refractivity contribution in [3.8, 4) is 12.1 Å². The molecule has 0 saturated heterocycles. The molecule has 1 N–H and O–H groups in total. The van der Waals surface area contributed by atoms with E-state index in [0.29, 0.717) is 12.1 Å². The number of halogens is 1. The van der Waals surface area contributed by atoms with E-state index in [2.05, 4.69) is 0 Å². The van der Waals surface area contributed by atoms with Gasteiger partial charge >= 0.3 is 5.97 Å². The van der Waals surface area contributed by atoms with Crippen molar-refractivity contribution in [3.05, 3.63) is 33.6 Å². The molecule has 0 saturated carbocycles. The summed E-state index contributed by atoms with van der Waals surface area (Å²) in [4.78, 5) is 21.7. The zero-order valence-electron chi connectivity index (χ0n) is 9.91. The summed E-state index contributed by atoms with van der Waals surface area (Å²) in [5.74, 6) is -2.83. The molecule has 0 heterocycles. The van der Waals surface area contributed by atoms with E-state index in [9.17, 15) is 19.3 Å². The number of anilines is 1. The van der Waals surface area contributed by atoms with E-state index in [1.807, 2.05) is 0 Å². The van der Waals surface area contributed by atoms with E-state index >= 15 is 0 Å². The maximum absolute atomic E-state index is 13.6. The summed E-state index contributed by atoms with van der Waals surface area (Å²) in [6.45, 7) is -0.749. The lowest BCUT2D eigenvalue weighted by molar-refractivity contribution is -0.384. The molecule has 0 aliphatic carbocycles. The van der Waals surface area contributed by atoms with Gasteiger partial charge in [0.05, 0.1) is 17.1 Å². The zero-order chi connectivity index (χ0) is 15.3. The predicted octanol–water partition coefficient (Wildman–Crippen LogP) is 1.29. The summed E-state index contributed by atoms with van der Waals surface area (Å²) in [5.41, 5.74) is -1.86. The van der Waals surface area contributed by atoms with Crippen LogP contribution in [-0.4, -0.2) is 29.1 Å². The van der Waals surface area contributed by atoms with Gasteiger partial charge in [-0.2, -0.15) is 10.5 Å². The highest BCUT2D eigenvalue weighted by Gasteiger charge is 2.25. The second-order valence-electron chi connectivity index (χ2n) is 3.56. The van der Waals surface area contributed by atoms with Gasteiger partial charge in [0.15, 0.2) is 0 Å². The number of carboxylic acid groups (broad SMARTS) is 1. The van der Waals surface area contributed by atoms with Crippen molar-refractivity contribution < 1.29 is 19.2 Å². The Bertz CT molecular complexity index is 631. The van der Waals surface area contributed by atoms with Gasteiger partial charge in [0, 0.05) is 12.1 Å². The van der Waals surface area contributed by atoms with Crippen LogP contribution >= 0.6 is 0 Å². The molecule has 9 heteroatoms. The Balaban J connectivity index is 3.49. The van der Waals surface area contributed by atoms with E-state index in [-0.39, 0.29) is 18.8 Å². The van der Waals surface area contributed by atoms with Crippen LogP contribution in [0.2, 0.25) is 0 Å². The number of benzene rings is 1. The molecule has 0 aliphatic heterocycles. The Morgan fingerprint density at radius 3 is 2.35 bits per heavy atom. The monoisotopic (exact) mass is 278 g/mol. The first-order chi connectivity index (χ1) is 9.42. The third-order valence-corrected chi connectivity index (χ3v) is 2.36. The Labute approximate surface area is 112 Å². The first-order valence-electron chi connectivity index (χ1n) is 5.12. The minimum atomic E-state index is -1.65. The van der Waals surface area contributed by atoms with E-state index in [1.54, 1.807) is 12.1 Å². The number of hydrogen-bond donors (Lipinski definition) is 1. The lowest BCUT2D eigenvalue weighted by Gasteiger charge is -2.18. The summed E-state index contributed by atoms with van der Waals surface area (Å²) in [5, 5.41) is 36.9. The van der Waals surface area contributed by atoms with Crippen molar-refractivity contribution in [2.75, 3.05) is 18.0 Å². The molecule has 1 rings (SSSR count). The molecule has 0 bridgehead atoms. The second kappa shape index (κ2) is 6.11. The van der Waals surface area contributed by atoms with Crippen molar-refractivity contribution in [1.82, 2.24) is 0 Å². The summed E-state index contributed by atoms with van der Waals surface area (Å²) < 4.78 is 13.6. The van der Waals surface area contributed by atoms with Gasteiger partial charge < -0.3 is 10.0 Å². The van der Waals surface area contributed by atoms with E-state index in [1.165, 1.54) is 0 Å². The standard InChI is InChI=1S/C11H7FN4O4/c12-8-6-9(15(3-1-13)4-2-14)10(16(19)20)5-7(8)11(17)18/h5-6H,3-4H2,(H,17,18). The number of nitrogens with zero attached hydrogens (tertiary/aromatic N) is 4. The van der Waals surface area contributed by atoms with Crippen molar-refractivity contribution in [3.63, 3.8) is 0 Å². The Morgan fingerprint density at radius 1 is 1.40 bits per heavy atom. The molecule has 0 radical (unpaired) electrons. The van der Waals surface area contributed by atoms with E-state index in [4.69, 9.17) is 15.6 Å². The Morgan fingerprint density at radius 2 is 1.95 bits per heavy atom. The number of nitro benzene ring substituents is 1. The first-order valence-corrected chi connectivity index (χ1v) is 5.12. The molecule has 0 amide bonds. The topological polar surface area (TPSA) is 131 Å². The fourth-order valence-corrected chi connectivity index (χ4v) is 1.51. The molecule has 0 fully saturated rings. The van der Waals surface area contributed by atoms with E-state index < -0.39 is 28.0 Å². The number of nitriles is 2. The van der Waals surface area contributed by atoms with Crippen molar-refractivity contribution >= 4 is 17.3 Å². The van der Waals surface area contributed by atoms with Crippen LogP contribution in [0.1, 0.15) is 10.4 Å². The smallest absolute Gasteiger partial charge is 0.338 e. The van der Waals surface area contributed by atoms with Crippen molar-refractivity contribution in [2.24, 2.45) is 0 Å². The summed E-state index contributed by atoms with van der Waals surface area (Å²) in [6, 6.07) is 4.57. The highest BCUT2D eigenvalue weighted by atomic mass is 19.1. The predicted molar refractivity (Wildman–Crippen MR) is 63.5 cm³/mol. The lowest BCUT2D eigenvalue weighted by Crippen LogP contribution is -2.25. The number of nitro groups is 1. The first kappa shape index (κ1) is 14.9. The molecule has 102 valence electrons. The highest BCUT2D eigenvalue weighted by molar-refractivity contribution is 5.90. The third-order valence-electron chi connectivity index (χ3n) is 2.36. The Kier molecular flexibility index (Phi) is 4.54. The van der Waals surface area contributed by atoms with Crippen molar-refractivity contribution in [1.29, 1.82) is 10.5 Å². The molecule has 0 aliphatic rings. The van der Waals surface area contributed by atoms with Gasteiger partial charge in [0.1, 0.15) is 30.2 Å². The summed E-state index contributed by atoms with van der Waals surface area (Å²) >= 11 is 0. The lowest BCUT2D eigenvalue weighted by atomic mass is 10.1. The molecule has 0 aromatic heterocycles. The summed E-state index contributed by atoms with van der Waals surface area (Å²) in [7, 11) is 0. The maximum atomic E-state index is 13.6. The minimum Gasteiger partial charge on any atom is -0.478 e. The largest absolute Gasteiger partial charge is 0.478 e. The van der Waals surface area contributed by atoms with Crippen LogP contribution in [-0.2, 0) is 0 Å². The average Bonchev–Trinajstić information content (AvgIpc) is 2.37. The molecule has 20 heavy (non-hydrogen) atoms. The van der Waals surface area contributed by atoms with Gasteiger partial charge in [0.2, 0.25) is 0 Å². The zero-order valence-corrected chi connectivity index (χ0v) is 9.91. The molecule has 1 aromatic carbocycles. The van der Waals surface area contributed by atoms with Crippen LogP contribution in [0, 0.1) is 38.6 Å². The SMILES string of the molecule is N#CCN(CC#N)c1cc(F)c(C(=O)O)cc1[N+](=O)[O-]. The van der Waals surface area contributed by atoms with Crippen LogP contribution < -0.4 is 4.90 Å². The third kappa shape index (κ3) is 2.97. The quantitative estimate of drug-likeness (QED) is 0.487. The van der Waals surface area contributed by atoms with Crippen LogP contribution in [0.5, 0.6) is 0 Å². The van der Waals surface area contributed by atoms with Crippen molar-refractivity contribution in [2.45, 2.75) is 0 Å². The molecule has 8 nitrogen and oxygen atoms in total. The number of hydrogen-bond acceptors (Lipinski definition) is 6. The highest BCUT2D eigenvalue weighted by Crippen LogP contribution is 2.31. The number of carboxylic acids is 1. The number of rotatable bonds is 5. The number of carbonyl (C=O) groups is 1. The molecule has 0 spiro atoms.